The molecule has 1 heterocycles. The van der Waals surface area contributed by atoms with Gasteiger partial charge < -0.3 is 10.4 Å². The van der Waals surface area contributed by atoms with E-state index in [1.54, 1.807) is 11.3 Å². The van der Waals surface area contributed by atoms with Crippen molar-refractivity contribution >= 4 is 23.2 Å². The Morgan fingerprint density at radius 1 is 1.45 bits per heavy atom. The van der Waals surface area contributed by atoms with E-state index in [9.17, 15) is 9.59 Å². The third-order valence-corrected chi connectivity index (χ3v) is 4.40. The second kappa shape index (κ2) is 8.01. The molecular formula is C14H22N2O3S. The second-order valence-electron chi connectivity index (χ2n) is 4.89. The molecule has 1 rings (SSSR count). The fourth-order valence-corrected chi connectivity index (χ4v) is 2.64. The maximum absolute atomic E-state index is 11.7. The topological polar surface area (TPSA) is 78.4 Å². The van der Waals surface area contributed by atoms with Gasteiger partial charge in [0, 0.05) is 4.88 Å². The minimum atomic E-state index is -0.916. The molecule has 0 aliphatic rings. The molecule has 1 aromatic rings. The van der Waals surface area contributed by atoms with Crippen molar-refractivity contribution in [2.45, 2.75) is 39.8 Å². The highest BCUT2D eigenvalue weighted by atomic mass is 32.1. The first-order valence-corrected chi connectivity index (χ1v) is 7.59. The van der Waals surface area contributed by atoms with Crippen LogP contribution in [-0.4, -0.2) is 29.6 Å². The molecule has 3 N–H and O–H groups in total. The van der Waals surface area contributed by atoms with E-state index < -0.39 is 12.0 Å². The smallest absolute Gasteiger partial charge is 0.320 e. The van der Waals surface area contributed by atoms with Crippen molar-refractivity contribution in [3.63, 3.8) is 0 Å². The van der Waals surface area contributed by atoms with Gasteiger partial charge in [0.25, 0.3) is 0 Å². The van der Waals surface area contributed by atoms with Crippen LogP contribution < -0.4 is 10.6 Å². The number of rotatable bonds is 8. The largest absolute Gasteiger partial charge is 0.480 e. The van der Waals surface area contributed by atoms with Gasteiger partial charge in [-0.05, 0) is 29.9 Å². The number of carboxylic acids is 1. The van der Waals surface area contributed by atoms with E-state index in [1.807, 2.05) is 32.2 Å². The third kappa shape index (κ3) is 4.94. The van der Waals surface area contributed by atoms with E-state index in [0.29, 0.717) is 6.54 Å². The molecule has 112 valence electrons. The molecule has 0 bridgehead atoms. The van der Waals surface area contributed by atoms with E-state index >= 15 is 0 Å². The van der Waals surface area contributed by atoms with Crippen LogP contribution >= 0.6 is 11.3 Å². The lowest BCUT2D eigenvalue weighted by Crippen LogP contribution is -2.46. The average molecular weight is 298 g/mol. The number of carbonyl (C=O) groups is 2. The number of nitrogens with one attached hydrogen (secondary N) is 2. The van der Waals surface area contributed by atoms with Gasteiger partial charge in [-0.15, -0.1) is 11.3 Å². The number of carbonyl (C=O) groups excluding carboxylic acids is 1. The van der Waals surface area contributed by atoms with Crippen molar-refractivity contribution in [1.29, 1.82) is 0 Å². The fourth-order valence-electron chi connectivity index (χ4n) is 1.80. The van der Waals surface area contributed by atoms with Crippen molar-refractivity contribution in [3.05, 3.63) is 21.9 Å². The summed E-state index contributed by atoms with van der Waals surface area (Å²) in [6, 6.07) is 1.32. The van der Waals surface area contributed by atoms with Crippen LogP contribution in [0.5, 0.6) is 0 Å². The number of aliphatic carboxylic acids is 1. The van der Waals surface area contributed by atoms with E-state index in [1.165, 1.54) is 0 Å². The lowest BCUT2D eigenvalue weighted by atomic mass is 9.99. The SMILES string of the molecule is CC[C@H](C)[C@H](NCC(=O)NCc1sccc1C)C(=O)O. The molecule has 0 aliphatic carbocycles. The molecule has 0 aromatic carbocycles. The van der Waals surface area contributed by atoms with Gasteiger partial charge in [-0.3, -0.25) is 14.9 Å². The fraction of sp³-hybridized carbons (Fsp3) is 0.571. The van der Waals surface area contributed by atoms with Crippen molar-refractivity contribution in [3.8, 4) is 0 Å². The van der Waals surface area contributed by atoms with Crippen LogP contribution in [0.25, 0.3) is 0 Å². The average Bonchev–Trinajstić information content (AvgIpc) is 2.81. The van der Waals surface area contributed by atoms with Gasteiger partial charge in [-0.1, -0.05) is 20.3 Å². The lowest BCUT2D eigenvalue weighted by Gasteiger charge is -2.19. The Hall–Kier alpha value is -1.40. The molecule has 6 heteroatoms. The highest BCUT2D eigenvalue weighted by molar-refractivity contribution is 7.10. The van der Waals surface area contributed by atoms with Crippen LogP contribution in [0.3, 0.4) is 0 Å². The summed E-state index contributed by atoms with van der Waals surface area (Å²) in [4.78, 5) is 24.0. The van der Waals surface area contributed by atoms with E-state index in [4.69, 9.17) is 5.11 Å². The summed E-state index contributed by atoms with van der Waals surface area (Å²) in [6.45, 7) is 6.30. The van der Waals surface area contributed by atoms with Crippen LogP contribution in [0.2, 0.25) is 0 Å². The predicted octanol–water partition coefficient (Wildman–Crippen LogP) is 1.76. The molecule has 0 unspecified atom stereocenters. The van der Waals surface area contributed by atoms with Gasteiger partial charge in [-0.25, -0.2) is 0 Å². The van der Waals surface area contributed by atoms with Crippen molar-refractivity contribution in [2.75, 3.05) is 6.54 Å². The molecule has 1 aromatic heterocycles. The molecule has 0 saturated heterocycles. The van der Waals surface area contributed by atoms with Crippen LogP contribution in [0.4, 0.5) is 0 Å². The summed E-state index contributed by atoms with van der Waals surface area (Å²) < 4.78 is 0. The molecular weight excluding hydrogens is 276 g/mol. The Balaban J connectivity index is 2.38. The van der Waals surface area contributed by atoms with E-state index in [2.05, 4.69) is 10.6 Å². The van der Waals surface area contributed by atoms with E-state index in [-0.39, 0.29) is 18.4 Å². The Kier molecular flexibility index (Phi) is 6.67. The van der Waals surface area contributed by atoms with Crippen LogP contribution in [-0.2, 0) is 16.1 Å². The van der Waals surface area contributed by atoms with Crippen molar-refractivity contribution in [2.24, 2.45) is 5.92 Å². The van der Waals surface area contributed by atoms with Crippen molar-refractivity contribution < 1.29 is 14.7 Å². The molecule has 5 nitrogen and oxygen atoms in total. The van der Waals surface area contributed by atoms with Gasteiger partial charge in [0.05, 0.1) is 13.1 Å². The minimum Gasteiger partial charge on any atom is -0.480 e. The molecule has 0 aliphatic heterocycles. The first-order chi connectivity index (χ1) is 9.45. The van der Waals surface area contributed by atoms with Gasteiger partial charge in [0.2, 0.25) is 5.91 Å². The summed E-state index contributed by atoms with van der Waals surface area (Å²) in [5.74, 6) is -1.12. The summed E-state index contributed by atoms with van der Waals surface area (Å²) in [5.41, 5.74) is 1.16. The Morgan fingerprint density at radius 3 is 2.65 bits per heavy atom. The molecule has 0 saturated carbocycles. The number of carboxylic acid groups (broad SMARTS) is 1. The molecule has 0 spiro atoms. The first-order valence-electron chi connectivity index (χ1n) is 6.71. The lowest BCUT2D eigenvalue weighted by molar-refractivity contribution is -0.140. The number of thiophene rings is 1. The van der Waals surface area contributed by atoms with E-state index in [0.717, 1.165) is 16.9 Å². The normalized spacial score (nSPS) is 13.8. The Labute approximate surface area is 123 Å². The van der Waals surface area contributed by atoms with Gasteiger partial charge in [-0.2, -0.15) is 0 Å². The Morgan fingerprint density at radius 2 is 2.15 bits per heavy atom. The minimum absolute atomic E-state index is 0.0140. The number of aryl methyl sites for hydroxylation is 1. The zero-order valence-corrected chi connectivity index (χ0v) is 12.9. The van der Waals surface area contributed by atoms with Gasteiger partial charge in [0.1, 0.15) is 6.04 Å². The van der Waals surface area contributed by atoms with Crippen LogP contribution in [0, 0.1) is 12.8 Å². The zero-order valence-electron chi connectivity index (χ0n) is 12.1. The quantitative estimate of drug-likeness (QED) is 0.683. The summed E-state index contributed by atoms with van der Waals surface area (Å²) in [5, 5.41) is 16.7. The monoisotopic (exact) mass is 298 g/mol. The molecule has 1 amide bonds. The number of hydrogen-bond donors (Lipinski definition) is 3. The molecule has 0 radical (unpaired) electrons. The third-order valence-electron chi connectivity index (χ3n) is 3.38. The highest BCUT2D eigenvalue weighted by Gasteiger charge is 2.23. The van der Waals surface area contributed by atoms with Gasteiger partial charge >= 0.3 is 5.97 Å². The molecule has 0 fully saturated rings. The van der Waals surface area contributed by atoms with Crippen molar-refractivity contribution in [1.82, 2.24) is 10.6 Å². The van der Waals surface area contributed by atoms with Crippen LogP contribution in [0.1, 0.15) is 30.7 Å². The summed E-state index contributed by atoms with van der Waals surface area (Å²) in [7, 11) is 0. The summed E-state index contributed by atoms with van der Waals surface area (Å²) >= 11 is 1.60. The number of amides is 1. The van der Waals surface area contributed by atoms with Gasteiger partial charge in [0.15, 0.2) is 0 Å². The zero-order chi connectivity index (χ0) is 15.1. The summed E-state index contributed by atoms with van der Waals surface area (Å²) in [6.07, 6.45) is 0.750. The van der Waals surface area contributed by atoms with Crippen LogP contribution in [0.15, 0.2) is 11.4 Å². The number of hydrogen-bond acceptors (Lipinski definition) is 4. The predicted molar refractivity (Wildman–Crippen MR) is 79.8 cm³/mol. The standard InChI is InChI=1S/C14H22N2O3S/c1-4-9(2)13(14(18)19)16-8-12(17)15-7-11-10(3)5-6-20-11/h5-6,9,13,16H,4,7-8H2,1-3H3,(H,15,17)(H,18,19)/t9-,13-/m0/s1. The molecule has 2 atom stereocenters. The first kappa shape index (κ1) is 16.7. The maximum Gasteiger partial charge on any atom is 0.320 e. The Bertz CT molecular complexity index is 459. The maximum atomic E-state index is 11.7. The second-order valence-corrected chi connectivity index (χ2v) is 5.89. The molecule has 20 heavy (non-hydrogen) atoms. The highest BCUT2D eigenvalue weighted by Crippen LogP contribution is 2.14.